The Hall–Kier alpha value is -1.79. The number of nitrogens with one attached hydrogen (secondary N) is 1. The van der Waals surface area contributed by atoms with Crippen molar-refractivity contribution in [3.05, 3.63) is 23.2 Å². The number of hydrogen-bond acceptors (Lipinski definition) is 4. The molecule has 0 saturated carbocycles. The number of benzene rings is 1. The minimum absolute atomic E-state index is 0.0981. The predicted molar refractivity (Wildman–Crippen MR) is 92.2 cm³/mol. The smallest absolute Gasteiger partial charge is 0.223 e. The molecular weight excluding hydrogens is 318 g/mol. The van der Waals surface area contributed by atoms with Crippen LogP contribution in [-0.2, 0) is 9.59 Å². The van der Waals surface area contributed by atoms with Crippen LogP contribution >= 0.6 is 11.6 Å². The van der Waals surface area contributed by atoms with Gasteiger partial charge < -0.3 is 19.9 Å². The molecule has 0 aliphatic rings. The van der Waals surface area contributed by atoms with E-state index in [2.05, 4.69) is 5.32 Å². The standard InChI is InChI=1S/C16H24ClN3O3/c1-12(21)20(9-7-16(22)18-8-10-19(2)3)14-11-13(17)5-6-15(14)23-4/h5-6,11H,7-10H2,1-4H3,(H,18,22). The normalized spacial score (nSPS) is 10.5. The minimum atomic E-state index is -0.174. The zero-order valence-corrected chi connectivity index (χ0v) is 14.8. The van der Waals surface area contributed by atoms with E-state index in [1.54, 1.807) is 18.2 Å². The topological polar surface area (TPSA) is 61.9 Å². The van der Waals surface area contributed by atoms with Crippen LogP contribution in [-0.4, -0.2) is 57.6 Å². The van der Waals surface area contributed by atoms with Crippen molar-refractivity contribution >= 4 is 29.1 Å². The Kier molecular flexibility index (Phi) is 7.85. The van der Waals surface area contributed by atoms with Crippen molar-refractivity contribution in [3.8, 4) is 5.75 Å². The molecule has 7 heteroatoms. The molecular formula is C16H24ClN3O3. The van der Waals surface area contributed by atoms with E-state index >= 15 is 0 Å². The number of methoxy groups -OCH3 is 1. The Labute approximate surface area is 142 Å². The first-order valence-corrected chi connectivity index (χ1v) is 7.76. The Morgan fingerprint density at radius 2 is 1.96 bits per heavy atom. The molecule has 0 aliphatic carbocycles. The molecule has 1 aromatic carbocycles. The van der Waals surface area contributed by atoms with Crippen LogP contribution in [0.1, 0.15) is 13.3 Å². The summed E-state index contributed by atoms with van der Waals surface area (Å²) in [5, 5.41) is 3.33. The van der Waals surface area contributed by atoms with Crippen LogP contribution in [0, 0.1) is 0 Å². The Balaban J connectivity index is 2.71. The second kappa shape index (κ2) is 9.37. The molecule has 0 heterocycles. The second-order valence-electron chi connectivity index (χ2n) is 5.39. The first-order chi connectivity index (χ1) is 10.8. The lowest BCUT2D eigenvalue weighted by Gasteiger charge is -2.23. The van der Waals surface area contributed by atoms with E-state index in [0.717, 1.165) is 6.54 Å². The van der Waals surface area contributed by atoms with Crippen LogP contribution in [0.2, 0.25) is 5.02 Å². The van der Waals surface area contributed by atoms with E-state index in [4.69, 9.17) is 16.3 Å². The van der Waals surface area contributed by atoms with E-state index in [1.165, 1.54) is 18.9 Å². The number of rotatable bonds is 8. The van der Waals surface area contributed by atoms with Gasteiger partial charge in [0.1, 0.15) is 5.75 Å². The van der Waals surface area contributed by atoms with Crippen molar-refractivity contribution in [1.82, 2.24) is 10.2 Å². The van der Waals surface area contributed by atoms with E-state index in [0.29, 0.717) is 23.0 Å². The second-order valence-corrected chi connectivity index (χ2v) is 5.83. The van der Waals surface area contributed by atoms with Crippen molar-refractivity contribution in [3.63, 3.8) is 0 Å². The molecule has 1 aromatic rings. The first kappa shape index (κ1) is 19.3. The summed E-state index contributed by atoms with van der Waals surface area (Å²) < 4.78 is 5.27. The van der Waals surface area contributed by atoms with Crippen LogP contribution in [0.25, 0.3) is 0 Å². The molecule has 1 N–H and O–H groups in total. The van der Waals surface area contributed by atoms with Gasteiger partial charge in [-0.1, -0.05) is 11.6 Å². The maximum Gasteiger partial charge on any atom is 0.223 e. The molecule has 0 unspecified atom stereocenters. The molecule has 0 aromatic heterocycles. The summed E-state index contributed by atoms with van der Waals surface area (Å²) in [6, 6.07) is 5.05. The molecule has 0 atom stereocenters. The lowest BCUT2D eigenvalue weighted by atomic mass is 10.2. The average Bonchev–Trinajstić information content (AvgIpc) is 2.47. The molecule has 128 valence electrons. The van der Waals surface area contributed by atoms with Crippen molar-refractivity contribution in [2.45, 2.75) is 13.3 Å². The maximum absolute atomic E-state index is 11.9. The van der Waals surface area contributed by atoms with Crippen molar-refractivity contribution < 1.29 is 14.3 Å². The van der Waals surface area contributed by atoms with Crippen molar-refractivity contribution in [2.24, 2.45) is 0 Å². The number of hydrogen-bond donors (Lipinski definition) is 1. The van der Waals surface area contributed by atoms with Crippen LogP contribution < -0.4 is 15.0 Å². The fourth-order valence-electron chi connectivity index (χ4n) is 2.04. The molecule has 0 fully saturated rings. The number of ether oxygens (including phenoxy) is 1. The maximum atomic E-state index is 11.9. The number of likely N-dealkylation sites (N-methyl/N-ethyl adjacent to an activating group) is 1. The number of carbonyl (C=O) groups excluding carboxylic acids is 2. The highest BCUT2D eigenvalue weighted by Gasteiger charge is 2.18. The van der Waals surface area contributed by atoms with Gasteiger partial charge in [-0.25, -0.2) is 0 Å². The predicted octanol–water partition coefficient (Wildman–Crippen LogP) is 1.77. The number of nitrogens with zero attached hydrogens (tertiary/aromatic N) is 2. The third kappa shape index (κ3) is 6.46. The third-order valence-electron chi connectivity index (χ3n) is 3.26. The zero-order valence-electron chi connectivity index (χ0n) is 14.1. The van der Waals surface area contributed by atoms with Crippen LogP contribution in [0.5, 0.6) is 5.75 Å². The van der Waals surface area contributed by atoms with Crippen LogP contribution in [0.4, 0.5) is 5.69 Å². The Bertz CT molecular complexity index is 549. The molecule has 0 saturated heterocycles. The molecule has 2 amide bonds. The zero-order chi connectivity index (χ0) is 17.4. The van der Waals surface area contributed by atoms with Gasteiger partial charge in [-0.15, -0.1) is 0 Å². The average molecular weight is 342 g/mol. The van der Waals surface area contributed by atoms with Crippen molar-refractivity contribution in [2.75, 3.05) is 45.7 Å². The summed E-state index contributed by atoms with van der Waals surface area (Å²) in [4.78, 5) is 27.3. The van der Waals surface area contributed by atoms with E-state index in [9.17, 15) is 9.59 Å². The molecule has 0 aliphatic heterocycles. The van der Waals surface area contributed by atoms with Crippen LogP contribution in [0.3, 0.4) is 0 Å². The van der Waals surface area contributed by atoms with Gasteiger partial charge in [-0.3, -0.25) is 9.59 Å². The highest BCUT2D eigenvalue weighted by atomic mass is 35.5. The molecule has 0 bridgehead atoms. The van der Waals surface area contributed by atoms with Gasteiger partial charge in [0.15, 0.2) is 0 Å². The fraction of sp³-hybridized carbons (Fsp3) is 0.500. The molecule has 0 spiro atoms. The summed E-state index contributed by atoms with van der Waals surface area (Å²) in [5.41, 5.74) is 0.564. The van der Waals surface area contributed by atoms with E-state index in [1.807, 2.05) is 19.0 Å². The van der Waals surface area contributed by atoms with Gasteiger partial charge in [0.05, 0.1) is 12.8 Å². The van der Waals surface area contributed by atoms with Gasteiger partial charge in [-0.05, 0) is 32.3 Å². The monoisotopic (exact) mass is 341 g/mol. The largest absolute Gasteiger partial charge is 0.495 e. The third-order valence-corrected chi connectivity index (χ3v) is 3.49. The first-order valence-electron chi connectivity index (χ1n) is 7.38. The quantitative estimate of drug-likeness (QED) is 0.782. The Morgan fingerprint density at radius 3 is 2.52 bits per heavy atom. The molecule has 1 rings (SSSR count). The molecule has 0 radical (unpaired) electrons. The van der Waals surface area contributed by atoms with Gasteiger partial charge in [-0.2, -0.15) is 0 Å². The summed E-state index contributed by atoms with van der Waals surface area (Å²) in [5.74, 6) is 0.267. The highest BCUT2D eigenvalue weighted by Crippen LogP contribution is 2.31. The number of carbonyl (C=O) groups is 2. The van der Waals surface area contributed by atoms with E-state index in [-0.39, 0.29) is 24.8 Å². The van der Waals surface area contributed by atoms with Crippen LogP contribution in [0.15, 0.2) is 18.2 Å². The number of halogens is 1. The fourth-order valence-corrected chi connectivity index (χ4v) is 2.21. The SMILES string of the molecule is COc1ccc(Cl)cc1N(CCC(=O)NCCN(C)C)C(C)=O. The van der Waals surface area contributed by atoms with E-state index < -0.39 is 0 Å². The molecule has 6 nitrogen and oxygen atoms in total. The number of amides is 2. The van der Waals surface area contributed by atoms with Gasteiger partial charge in [0, 0.05) is 38.0 Å². The lowest BCUT2D eigenvalue weighted by molar-refractivity contribution is -0.121. The van der Waals surface area contributed by atoms with Gasteiger partial charge >= 0.3 is 0 Å². The molecule has 23 heavy (non-hydrogen) atoms. The van der Waals surface area contributed by atoms with Gasteiger partial charge in [0.25, 0.3) is 0 Å². The lowest BCUT2D eigenvalue weighted by Crippen LogP contribution is -2.36. The highest BCUT2D eigenvalue weighted by molar-refractivity contribution is 6.31. The summed E-state index contributed by atoms with van der Waals surface area (Å²) >= 11 is 6.01. The Morgan fingerprint density at radius 1 is 1.26 bits per heavy atom. The summed E-state index contributed by atoms with van der Waals surface area (Å²) in [6.45, 7) is 3.06. The van der Waals surface area contributed by atoms with Crippen molar-refractivity contribution in [1.29, 1.82) is 0 Å². The minimum Gasteiger partial charge on any atom is -0.495 e. The number of anilines is 1. The summed E-state index contributed by atoms with van der Waals surface area (Å²) in [7, 11) is 5.41. The summed E-state index contributed by atoms with van der Waals surface area (Å²) in [6.07, 6.45) is 0.211. The van der Waals surface area contributed by atoms with Gasteiger partial charge in [0.2, 0.25) is 11.8 Å².